The number of likely N-dealkylation sites (N-methyl/N-ethyl adjacent to an activating group) is 1. The van der Waals surface area contributed by atoms with Crippen molar-refractivity contribution in [3.8, 4) is 11.5 Å². The molecule has 1 fully saturated rings. The first-order chi connectivity index (χ1) is 22.2. The summed E-state index contributed by atoms with van der Waals surface area (Å²) in [4.78, 5) is 25.5. The summed E-state index contributed by atoms with van der Waals surface area (Å²) < 4.78 is 55.6. The first kappa shape index (κ1) is 34.6. The van der Waals surface area contributed by atoms with E-state index in [0.29, 0.717) is 54.0 Å². The molecular weight excluding hydrogens is 651 g/mol. The molecule has 2 N–H and O–H groups in total. The van der Waals surface area contributed by atoms with E-state index in [9.17, 15) is 18.0 Å². The zero-order valence-electron chi connectivity index (χ0n) is 26.8. The van der Waals surface area contributed by atoms with Gasteiger partial charge in [0, 0.05) is 65.5 Å². The van der Waals surface area contributed by atoms with E-state index in [-0.39, 0.29) is 23.6 Å². The summed E-state index contributed by atoms with van der Waals surface area (Å²) in [6, 6.07) is 8.98. The van der Waals surface area contributed by atoms with Crippen LogP contribution in [0.1, 0.15) is 11.1 Å². The number of hydrogen-bond donors (Lipinski definition) is 2. The van der Waals surface area contributed by atoms with Gasteiger partial charge in [-0.2, -0.15) is 13.2 Å². The third kappa shape index (κ3) is 9.44. The Morgan fingerprint density at radius 1 is 1.04 bits per heavy atom. The van der Waals surface area contributed by atoms with Crippen LogP contribution in [0.25, 0.3) is 11.0 Å². The third-order valence-corrected chi connectivity index (χ3v) is 9.76. The third-order valence-electron chi connectivity index (χ3n) is 7.77. The number of piperazine rings is 1. The quantitative estimate of drug-likeness (QED) is 0.124. The molecule has 1 aromatic carbocycles. The van der Waals surface area contributed by atoms with Crippen LogP contribution in [-0.4, -0.2) is 78.3 Å². The highest BCUT2D eigenvalue weighted by Gasteiger charge is 2.34. The Balaban J connectivity index is 1.20. The number of nitrogens with one attached hydrogen (secondary N) is 2. The van der Waals surface area contributed by atoms with Gasteiger partial charge in [0.2, 0.25) is 0 Å². The first-order valence-electron chi connectivity index (χ1n) is 15.3. The van der Waals surface area contributed by atoms with Crippen LogP contribution in [-0.2, 0) is 24.2 Å². The number of urea groups is 1. The van der Waals surface area contributed by atoms with Crippen LogP contribution >= 0.6 is 11.6 Å². The Labute approximate surface area is 277 Å². The van der Waals surface area contributed by atoms with Crippen LogP contribution in [0.5, 0.6) is 11.5 Å². The van der Waals surface area contributed by atoms with E-state index < -0.39 is 25.8 Å². The number of carbonyl (C=O) groups is 1. The predicted octanol–water partition coefficient (Wildman–Crippen LogP) is 7.60. The Kier molecular flexibility index (Phi) is 10.8. The van der Waals surface area contributed by atoms with Gasteiger partial charge in [0.15, 0.2) is 0 Å². The van der Waals surface area contributed by atoms with E-state index in [4.69, 9.17) is 21.1 Å². The summed E-state index contributed by atoms with van der Waals surface area (Å²) in [5, 5.41) is 6.10. The van der Waals surface area contributed by atoms with Gasteiger partial charge < -0.3 is 24.3 Å². The molecule has 252 valence electrons. The summed E-state index contributed by atoms with van der Waals surface area (Å²) in [5.41, 5.74) is 0.0258. The lowest BCUT2D eigenvalue weighted by Crippen LogP contribution is -2.44. The number of fused-ring (bicyclic) bond motifs is 1. The summed E-state index contributed by atoms with van der Waals surface area (Å²) in [5.74, 6) is 1.03. The monoisotopic (exact) mass is 689 g/mol. The average Bonchev–Trinajstić information content (AvgIpc) is 3.33. The highest BCUT2D eigenvalue weighted by Crippen LogP contribution is 2.36. The minimum atomic E-state index is -4.57. The van der Waals surface area contributed by atoms with E-state index in [1.165, 1.54) is 24.4 Å². The highest BCUT2D eigenvalue weighted by molar-refractivity contribution is 6.76. The lowest BCUT2D eigenvalue weighted by Gasteiger charge is -2.33. The molecule has 0 unspecified atom stereocenters. The molecule has 3 aromatic heterocycles. The van der Waals surface area contributed by atoms with E-state index in [1.54, 1.807) is 24.5 Å². The second-order valence-corrected chi connectivity index (χ2v) is 18.8. The fourth-order valence-corrected chi connectivity index (χ4v) is 6.14. The maximum Gasteiger partial charge on any atom is 0.416 e. The number of hydrogen-bond acceptors (Lipinski definition) is 7. The normalized spacial score (nSPS) is 14.8. The average molecular weight is 690 g/mol. The summed E-state index contributed by atoms with van der Waals surface area (Å²) in [6.07, 6.45) is 0.218. The fourth-order valence-electron chi connectivity index (χ4n) is 5.09. The predicted molar refractivity (Wildman–Crippen MR) is 180 cm³/mol. The van der Waals surface area contributed by atoms with E-state index in [0.717, 1.165) is 25.2 Å². The number of amides is 2. The van der Waals surface area contributed by atoms with Gasteiger partial charge in [-0.25, -0.2) is 14.8 Å². The first-order valence-corrected chi connectivity index (χ1v) is 19.4. The Hall–Kier alpha value is -3.69. The maximum atomic E-state index is 13.9. The van der Waals surface area contributed by atoms with Crippen molar-refractivity contribution in [1.29, 1.82) is 0 Å². The van der Waals surface area contributed by atoms with Crippen molar-refractivity contribution in [2.45, 2.75) is 45.1 Å². The minimum absolute atomic E-state index is 0.0175. The van der Waals surface area contributed by atoms with Gasteiger partial charge in [-0.1, -0.05) is 37.3 Å². The molecular formula is C32H39ClF3N7O3Si. The van der Waals surface area contributed by atoms with Crippen molar-refractivity contribution in [1.82, 2.24) is 24.3 Å². The molecule has 1 aliphatic rings. The van der Waals surface area contributed by atoms with E-state index in [1.807, 2.05) is 16.5 Å². The maximum absolute atomic E-state index is 13.9. The SMILES string of the molecule is CN1CCN(Cc2ccc(NC(=O)Nc3ccc(Oc4ccnc5c4c(Cl)cn5COCC[Si](C)(C)C)cn3)cc2C(F)(F)F)CC1. The number of rotatable bonds is 11. The van der Waals surface area contributed by atoms with Gasteiger partial charge in [-0.15, -0.1) is 0 Å². The number of pyridine rings is 2. The van der Waals surface area contributed by atoms with Crippen molar-refractivity contribution < 1.29 is 27.4 Å². The molecule has 1 aliphatic heterocycles. The largest absolute Gasteiger partial charge is 0.455 e. The molecule has 15 heteroatoms. The Morgan fingerprint density at radius 2 is 1.81 bits per heavy atom. The highest BCUT2D eigenvalue weighted by atomic mass is 35.5. The van der Waals surface area contributed by atoms with Crippen LogP contribution in [0.3, 0.4) is 0 Å². The molecule has 1 saturated heterocycles. The van der Waals surface area contributed by atoms with Crippen LogP contribution < -0.4 is 15.4 Å². The molecule has 0 spiro atoms. The number of anilines is 2. The second kappa shape index (κ2) is 14.6. The summed E-state index contributed by atoms with van der Waals surface area (Å²) >= 11 is 6.55. The molecule has 0 aliphatic carbocycles. The van der Waals surface area contributed by atoms with Gasteiger partial charge in [-0.3, -0.25) is 10.2 Å². The molecule has 0 saturated carbocycles. The van der Waals surface area contributed by atoms with Crippen molar-refractivity contribution >= 4 is 48.2 Å². The van der Waals surface area contributed by atoms with Crippen LogP contribution in [0.2, 0.25) is 30.7 Å². The number of halogens is 4. The van der Waals surface area contributed by atoms with Crippen LogP contribution in [0.4, 0.5) is 29.5 Å². The smallest absolute Gasteiger partial charge is 0.416 e. The molecule has 4 aromatic rings. The van der Waals surface area contributed by atoms with E-state index in [2.05, 4.69) is 45.1 Å². The van der Waals surface area contributed by atoms with Crippen molar-refractivity contribution in [2.24, 2.45) is 0 Å². The lowest BCUT2D eigenvalue weighted by molar-refractivity contribution is -0.138. The number of ether oxygens (including phenoxy) is 2. The van der Waals surface area contributed by atoms with Gasteiger partial charge in [0.05, 0.1) is 22.2 Å². The Bertz CT molecular complexity index is 1690. The van der Waals surface area contributed by atoms with Crippen LogP contribution in [0.15, 0.2) is 55.0 Å². The molecule has 0 radical (unpaired) electrons. The second-order valence-electron chi connectivity index (χ2n) is 12.8. The van der Waals surface area contributed by atoms with Gasteiger partial charge in [-0.05, 0) is 49.0 Å². The zero-order chi connectivity index (χ0) is 33.8. The zero-order valence-corrected chi connectivity index (χ0v) is 28.6. The fraction of sp³-hybridized carbons (Fsp3) is 0.406. The standard InChI is InChI=1S/C32H39ClF3N7O3Si/c1-41-11-13-42(14-12-41)19-22-5-6-23(17-25(22)32(34,35)36)39-31(44)40-28-8-7-24(18-38-28)46-27-9-10-37-30-29(27)26(33)20-43(30)21-45-15-16-47(2,3)4/h5-10,17-18,20H,11-16,19,21H2,1-4H3,(H2,38,39,40,44). The van der Waals surface area contributed by atoms with E-state index >= 15 is 0 Å². The molecule has 5 rings (SSSR count). The van der Waals surface area contributed by atoms with Crippen molar-refractivity contribution in [3.05, 3.63) is 71.1 Å². The van der Waals surface area contributed by atoms with Crippen molar-refractivity contribution in [3.63, 3.8) is 0 Å². The summed E-state index contributed by atoms with van der Waals surface area (Å²) in [6.45, 7) is 11.0. The number of carbonyl (C=O) groups excluding carboxylic acids is 1. The molecule has 10 nitrogen and oxygen atoms in total. The van der Waals surface area contributed by atoms with Crippen molar-refractivity contribution in [2.75, 3.05) is 50.5 Å². The van der Waals surface area contributed by atoms with Gasteiger partial charge in [0.25, 0.3) is 0 Å². The van der Waals surface area contributed by atoms with Crippen LogP contribution in [0, 0.1) is 0 Å². The number of nitrogens with zero attached hydrogens (tertiary/aromatic N) is 5. The molecule has 4 heterocycles. The topological polar surface area (TPSA) is 96.8 Å². The van der Waals surface area contributed by atoms with Gasteiger partial charge >= 0.3 is 12.2 Å². The molecule has 0 atom stereocenters. The van der Waals surface area contributed by atoms with Gasteiger partial charge in [0.1, 0.15) is 29.7 Å². The number of benzene rings is 1. The number of aromatic nitrogens is 3. The minimum Gasteiger partial charge on any atom is -0.455 e. The lowest BCUT2D eigenvalue weighted by atomic mass is 10.0. The molecule has 0 bridgehead atoms. The molecule has 47 heavy (non-hydrogen) atoms. The summed E-state index contributed by atoms with van der Waals surface area (Å²) in [7, 11) is 0.776. The molecule has 2 amide bonds. The number of alkyl halides is 3. The Morgan fingerprint density at radius 3 is 2.49 bits per heavy atom.